The first-order valence-corrected chi connectivity index (χ1v) is 6.68. The Bertz CT molecular complexity index is 497. The predicted molar refractivity (Wildman–Crippen MR) is 74.0 cm³/mol. The number of hydrogen-bond donors (Lipinski definition) is 1. The summed E-state index contributed by atoms with van der Waals surface area (Å²) in [5.74, 6) is -0.515. The Balaban J connectivity index is 2.93. The Labute approximate surface area is 119 Å². The summed E-state index contributed by atoms with van der Waals surface area (Å²) in [7, 11) is 0. The lowest BCUT2D eigenvalue weighted by Crippen LogP contribution is -2.33. The van der Waals surface area contributed by atoms with E-state index in [9.17, 15) is 14.9 Å². The smallest absolute Gasteiger partial charge is 0.268 e. The van der Waals surface area contributed by atoms with Crippen molar-refractivity contribution >= 4 is 27.5 Å². The van der Waals surface area contributed by atoms with Crippen LogP contribution in [0, 0.1) is 10.1 Å². The van der Waals surface area contributed by atoms with Crippen LogP contribution < -0.4 is 5.48 Å². The molecule has 0 aliphatic heterocycles. The topological polar surface area (TPSA) is 81.5 Å². The molecule has 104 valence electrons. The normalized spacial score (nSPS) is 11.2. The number of carbonyl (C=O) groups is 1. The Hall–Kier alpha value is -1.47. The lowest BCUT2D eigenvalue weighted by Gasteiger charge is -2.18. The Morgan fingerprint density at radius 2 is 2.11 bits per heavy atom. The molecular weight excluding hydrogens is 316 g/mol. The van der Waals surface area contributed by atoms with Gasteiger partial charge in [0, 0.05) is 22.5 Å². The highest BCUT2D eigenvalue weighted by molar-refractivity contribution is 9.08. The number of hydrogen-bond acceptors (Lipinski definition) is 4. The number of nitro benzene ring substituents is 1. The van der Waals surface area contributed by atoms with Crippen molar-refractivity contribution < 1.29 is 14.6 Å². The summed E-state index contributed by atoms with van der Waals surface area (Å²) in [5.41, 5.74) is 2.34. The molecule has 6 nitrogen and oxygen atoms in total. The van der Waals surface area contributed by atoms with Gasteiger partial charge in [-0.15, -0.1) is 0 Å². The van der Waals surface area contributed by atoms with E-state index in [0.717, 1.165) is 0 Å². The van der Waals surface area contributed by atoms with Crippen LogP contribution in [0.4, 0.5) is 5.69 Å². The molecule has 0 aliphatic rings. The van der Waals surface area contributed by atoms with Crippen LogP contribution in [-0.2, 0) is 10.2 Å². The molecule has 0 saturated carbocycles. The SMILES string of the molecule is CC(C)(C)ONC(=O)c1ccc(CBr)c([N+](=O)[O-])c1. The molecule has 1 aromatic carbocycles. The third-order valence-electron chi connectivity index (χ3n) is 2.14. The summed E-state index contributed by atoms with van der Waals surface area (Å²) in [5, 5.41) is 11.2. The highest BCUT2D eigenvalue weighted by Gasteiger charge is 2.18. The van der Waals surface area contributed by atoms with E-state index in [-0.39, 0.29) is 11.3 Å². The summed E-state index contributed by atoms with van der Waals surface area (Å²) in [6, 6.07) is 4.29. The van der Waals surface area contributed by atoms with E-state index >= 15 is 0 Å². The molecule has 7 heteroatoms. The average Bonchev–Trinajstić information content (AvgIpc) is 2.34. The monoisotopic (exact) mass is 330 g/mol. The van der Waals surface area contributed by atoms with E-state index in [1.54, 1.807) is 26.8 Å². The summed E-state index contributed by atoms with van der Waals surface area (Å²) in [4.78, 5) is 27.3. The first-order chi connectivity index (χ1) is 8.74. The van der Waals surface area contributed by atoms with Gasteiger partial charge in [-0.05, 0) is 26.8 Å². The minimum absolute atomic E-state index is 0.0970. The zero-order valence-corrected chi connectivity index (χ0v) is 12.5. The average molecular weight is 331 g/mol. The van der Waals surface area contributed by atoms with E-state index in [1.165, 1.54) is 12.1 Å². The summed E-state index contributed by atoms with van der Waals surface area (Å²) >= 11 is 3.17. The van der Waals surface area contributed by atoms with Gasteiger partial charge in [0.25, 0.3) is 11.6 Å². The van der Waals surface area contributed by atoms with E-state index in [2.05, 4.69) is 21.4 Å². The molecule has 0 radical (unpaired) electrons. The minimum Gasteiger partial charge on any atom is -0.268 e. The third-order valence-corrected chi connectivity index (χ3v) is 2.74. The summed E-state index contributed by atoms with van der Waals surface area (Å²) in [6.45, 7) is 5.34. The van der Waals surface area contributed by atoms with Crippen LogP contribution in [0.2, 0.25) is 0 Å². The quantitative estimate of drug-likeness (QED) is 0.522. The second kappa shape index (κ2) is 6.12. The van der Waals surface area contributed by atoms with Gasteiger partial charge in [-0.3, -0.25) is 19.7 Å². The van der Waals surface area contributed by atoms with Gasteiger partial charge in [-0.1, -0.05) is 22.0 Å². The fraction of sp³-hybridized carbons (Fsp3) is 0.417. The zero-order chi connectivity index (χ0) is 14.6. The van der Waals surface area contributed by atoms with Crippen LogP contribution in [0.25, 0.3) is 0 Å². The van der Waals surface area contributed by atoms with Gasteiger partial charge in [-0.25, -0.2) is 5.48 Å². The van der Waals surface area contributed by atoms with Gasteiger partial charge in [-0.2, -0.15) is 0 Å². The largest absolute Gasteiger partial charge is 0.275 e. The molecule has 19 heavy (non-hydrogen) atoms. The van der Waals surface area contributed by atoms with Crippen LogP contribution in [0.15, 0.2) is 18.2 Å². The van der Waals surface area contributed by atoms with E-state index in [1.807, 2.05) is 0 Å². The first kappa shape index (κ1) is 15.6. The summed E-state index contributed by atoms with van der Waals surface area (Å²) in [6.07, 6.45) is 0. The van der Waals surface area contributed by atoms with Crippen molar-refractivity contribution in [2.24, 2.45) is 0 Å². The highest BCUT2D eigenvalue weighted by atomic mass is 79.9. The van der Waals surface area contributed by atoms with Crippen LogP contribution in [-0.4, -0.2) is 16.4 Å². The number of rotatable bonds is 4. The maximum absolute atomic E-state index is 11.8. The number of alkyl halides is 1. The maximum Gasteiger partial charge on any atom is 0.275 e. The van der Waals surface area contributed by atoms with Crippen molar-refractivity contribution in [1.82, 2.24) is 5.48 Å². The fourth-order valence-electron chi connectivity index (χ4n) is 1.25. The Kier molecular flexibility index (Phi) is 5.02. The van der Waals surface area contributed by atoms with Crippen molar-refractivity contribution in [1.29, 1.82) is 0 Å². The minimum atomic E-state index is -0.530. The van der Waals surface area contributed by atoms with Gasteiger partial charge in [0.15, 0.2) is 0 Å². The molecule has 0 unspecified atom stereocenters. The van der Waals surface area contributed by atoms with E-state index < -0.39 is 16.4 Å². The Morgan fingerprint density at radius 1 is 1.47 bits per heavy atom. The van der Waals surface area contributed by atoms with Gasteiger partial charge in [0.2, 0.25) is 0 Å². The van der Waals surface area contributed by atoms with Crippen molar-refractivity contribution in [3.8, 4) is 0 Å². The molecule has 0 saturated heterocycles. The first-order valence-electron chi connectivity index (χ1n) is 5.56. The van der Waals surface area contributed by atoms with Crippen LogP contribution in [0.5, 0.6) is 0 Å². The van der Waals surface area contributed by atoms with Crippen LogP contribution in [0.3, 0.4) is 0 Å². The lowest BCUT2D eigenvalue weighted by molar-refractivity contribution is -0.385. The van der Waals surface area contributed by atoms with E-state index in [0.29, 0.717) is 10.9 Å². The van der Waals surface area contributed by atoms with Crippen molar-refractivity contribution in [2.75, 3.05) is 0 Å². The standard InChI is InChI=1S/C12H15BrN2O4/c1-12(2,3)19-14-11(16)8-4-5-9(7-13)10(6-8)15(17)18/h4-6H,7H2,1-3H3,(H,14,16). The molecule has 0 fully saturated rings. The second-order valence-electron chi connectivity index (χ2n) is 4.88. The number of nitrogens with zero attached hydrogens (tertiary/aromatic N) is 1. The molecule has 0 aromatic heterocycles. The van der Waals surface area contributed by atoms with Crippen molar-refractivity contribution in [2.45, 2.75) is 31.7 Å². The molecule has 1 amide bonds. The second-order valence-corrected chi connectivity index (χ2v) is 5.44. The van der Waals surface area contributed by atoms with E-state index in [4.69, 9.17) is 4.84 Å². The number of nitro groups is 1. The molecule has 0 aliphatic carbocycles. The van der Waals surface area contributed by atoms with Crippen molar-refractivity contribution in [3.63, 3.8) is 0 Å². The number of carbonyl (C=O) groups excluding carboxylic acids is 1. The number of hydroxylamine groups is 1. The molecule has 1 aromatic rings. The number of amides is 1. The number of halogens is 1. The fourth-order valence-corrected chi connectivity index (χ4v) is 1.72. The zero-order valence-electron chi connectivity index (χ0n) is 10.9. The van der Waals surface area contributed by atoms with Gasteiger partial charge < -0.3 is 0 Å². The molecule has 1 N–H and O–H groups in total. The highest BCUT2D eigenvalue weighted by Crippen LogP contribution is 2.22. The summed E-state index contributed by atoms with van der Waals surface area (Å²) < 4.78 is 0. The van der Waals surface area contributed by atoms with Gasteiger partial charge >= 0.3 is 0 Å². The number of nitrogens with one attached hydrogen (secondary N) is 1. The van der Waals surface area contributed by atoms with Gasteiger partial charge in [0.05, 0.1) is 10.5 Å². The maximum atomic E-state index is 11.8. The van der Waals surface area contributed by atoms with Gasteiger partial charge in [0.1, 0.15) is 0 Å². The predicted octanol–water partition coefficient (Wildman–Crippen LogP) is 2.95. The molecular formula is C12H15BrN2O4. The Morgan fingerprint density at radius 3 is 2.58 bits per heavy atom. The lowest BCUT2D eigenvalue weighted by atomic mass is 10.1. The molecule has 1 rings (SSSR count). The third kappa shape index (κ3) is 4.60. The van der Waals surface area contributed by atoms with Crippen LogP contribution in [0.1, 0.15) is 36.7 Å². The van der Waals surface area contributed by atoms with Crippen molar-refractivity contribution in [3.05, 3.63) is 39.4 Å². The number of benzene rings is 1. The van der Waals surface area contributed by atoms with Crippen LogP contribution >= 0.6 is 15.9 Å². The molecule has 0 bridgehead atoms. The molecule has 0 spiro atoms. The molecule has 0 heterocycles. The molecule has 0 atom stereocenters.